The third kappa shape index (κ3) is 4.95. The summed E-state index contributed by atoms with van der Waals surface area (Å²) in [6, 6.07) is 13.1. The zero-order chi connectivity index (χ0) is 19.2. The highest BCUT2D eigenvalue weighted by Gasteiger charge is 2.09. The summed E-state index contributed by atoms with van der Waals surface area (Å²) in [6.07, 6.45) is 2.96. The van der Waals surface area contributed by atoms with E-state index in [4.69, 9.17) is 16.3 Å². The van der Waals surface area contributed by atoms with E-state index in [-0.39, 0.29) is 5.91 Å². The molecule has 0 saturated carbocycles. The fourth-order valence-corrected chi connectivity index (χ4v) is 2.56. The van der Waals surface area contributed by atoms with Crippen LogP contribution in [0.5, 0.6) is 5.75 Å². The van der Waals surface area contributed by atoms with Gasteiger partial charge in [0.2, 0.25) is 5.95 Å². The molecule has 3 aromatic rings. The number of hydrogen-bond acceptors (Lipinski definition) is 5. The maximum atomic E-state index is 12.2. The van der Waals surface area contributed by atoms with Crippen molar-refractivity contribution >= 4 is 29.1 Å². The molecule has 0 atom stereocenters. The van der Waals surface area contributed by atoms with Crippen molar-refractivity contribution in [2.24, 2.45) is 0 Å². The van der Waals surface area contributed by atoms with Gasteiger partial charge in [-0.25, -0.2) is 9.97 Å². The summed E-state index contributed by atoms with van der Waals surface area (Å²) in [7, 11) is 1.60. The number of aryl methyl sites for hydroxylation is 1. The number of ether oxygens (including phenoxy) is 1. The lowest BCUT2D eigenvalue weighted by atomic mass is 10.2. The van der Waals surface area contributed by atoms with Gasteiger partial charge < -0.3 is 15.4 Å². The molecule has 138 valence electrons. The van der Waals surface area contributed by atoms with E-state index in [1.165, 1.54) is 12.4 Å². The van der Waals surface area contributed by atoms with Crippen LogP contribution in [-0.4, -0.2) is 23.0 Å². The number of benzene rings is 2. The average molecular weight is 383 g/mol. The Hall–Kier alpha value is -3.12. The molecule has 6 nitrogen and oxygen atoms in total. The molecule has 0 fully saturated rings. The molecule has 1 amide bonds. The second-order valence-corrected chi connectivity index (χ2v) is 6.37. The van der Waals surface area contributed by atoms with Crippen molar-refractivity contribution < 1.29 is 9.53 Å². The van der Waals surface area contributed by atoms with Crippen LogP contribution in [0.4, 0.5) is 11.6 Å². The summed E-state index contributed by atoms with van der Waals surface area (Å²) in [6.45, 7) is 2.39. The summed E-state index contributed by atoms with van der Waals surface area (Å²) in [4.78, 5) is 20.7. The fraction of sp³-hybridized carbons (Fsp3) is 0.150. The number of halogens is 1. The van der Waals surface area contributed by atoms with E-state index in [0.29, 0.717) is 28.8 Å². The van der Waals surface area contributed by atoms with Crippen LogP contribution < -0.4 is 15.4 Å². The Morgan fingerprint density at radius 3 is 2.48 bits per heavy atom. The number of carbonyl (C=O) groups excluding carboxylic acids is 1. The second-order valence-electron chi connectivity index (χ2n) is 5.93. The summed E-state index contributed by atoms with van der Waals surface area (Å²) in [5.41, 5.74) is 3.18. The molecule has 3 rings (SSSR count). The van der Waals surface area contributed by atoms with Crippen LogP contribution in [0.2, 0.25) is 5.02 Å². The molecule has 1 heterocycles. The summed E-state index contributed by atoms with van der Waals surface area (Å²) < 4.78 is 5.33. The van der Waals surface area contributed by atoms with Crippen LogP contribution in [0.3, 0.4) is 0 Å². The van der Waals surface area contributed by atoms with Crippen molar-refractivity contribution in [2.45, 2.75) is 13.5 Å². The van der Waals surface area contributed by atoms with Gasteiger partial charge in [0.05, 0.1) is 18.4 Å². The third-order valence-corrected chi connectivity index (χ3v) is 4.13. The minimum Gasteiger partial charge on any atom is -0.495 e. The molecular formula is C20H19ClN4O2. The monoisotopic (exact) mass is 382 g/mol. The van der Waals surface area contributed by atoms with Crippen molar-refractivity contribution in [2.75, 3.05) is 12.4 Å². The molecule has 0 radical (unpaired) electrons. The average Bonchev–Trinajstić information content (AvgIpc) is 2.68. The van der Waals surface area contributed by atoms with E-state index in [1.54, 1.807) is 19.2 Å². The molecule has 0 saturated heterocycles. The minimum absolute atomic E-state index is 0.246. The second kappa shape index (κ2) is 8.51. The lowest BCUT2D eigenvalue weighted by molar-refractivity contribution is 0.0950. The van der Waals surface area contributed by atoms with Gasteiger partial charge in [-0.05, 0) is 42.3 Å². The Kier molecular flexibility index (Phi) is 5.88. The highest BCUT2D eigenvalue weighted by Crippen LogP contribution is 2.27. The molecule has 0 bridgehead atoms. The predicted molar refractivity (Wildman–Crippen MR) is 106 cm³/mol. The maximum Gasteiger partial charge on any atom is 0.254 e. The van der Waals surface area contributed by atoms with Crippen molar-refractivity contribution in [1.29, 1.82) is 0 Å². The fourth-order valence-electron chi connectivity index (χ4n) is 2.44. The highest BCUT2D eigenvalue weighted by molar-refractivity contribution is 6.30. The van der Waals surface area contributed by atoms with Crippen LogP contribution in [-0.2, 0) is 6.54 Å². The largest absolute Gasteiger partial charge is 0.495 e. The Bertz CT molecular complexity index is 928. The number of amides is 1. The molecule has 0 aliphatic rings. The number of aromatic nitrogens is 2. The summed E-state index contributed by atoms with van der Waals surface area (Å²) >= 11 is 5.85. The van der Waals surface area contributed by atoms with Gasteiger partial charge in [0.1, 0.15) is 5.75 Å². The van der Waals surface area contributed by atoms with Gasteiger partial charge in [0.15, 0.2) is 0 Å². The number of hydrogen-bond donors (Lipinski definition) is 2. The molecular weight excluding hydrogens is 364 g/mol. The number of nitrogens with one attached hydrogen (secondary N) is 2. The van der Waals surface area contributed by atoms with Crippen molar-refractivity contribution in [1.82, 2.24) is 15.3 Å². The van der Waals surface area contributed by atoms with E-state index in [0.717, 1.165) is 16.8 Å². The first-order valence-electron chi connectivity index (χ1n) is 8.31. The molecule has 2 N–H and O–H groups in total. The summed E-state index contributed by atoms with van der Waals surface area (Å²) in [5.74, 6) is 0.826. The van der Waals surface area contributed by atoms with Gasteiger partial charge in [-0.3, -0.25) is 4.79 Å². The number of methoxy groups -OCH3 is 1. The lowest BCUT2D eigenvalue weighted by Crippen LogP contribution is -2.23. The standard InChI is InChI=1S/C20H19ClN4O2/c1-13-3-8-18(27-2)17(9-13)25-20-23-11-15(12-24-20)19(26)22-10-14-4-6-16(21)7-5-14/h3-9,11-12H,10H2,1-2H3,(H,22,26)(H,23,24,25). The lowest BCUT2D eigenvalue weighted by Gasteiger charge is -2.11. The molecule has 2 aromatic carbocycles. The maximum absolute atomic E-state index is 12.2. The van der Waals surface area contributed by atoms with E-state index in [2.05, 4.69) is 20.6 Å². The van der Waals surface area contributed by atoms with E-state index in [1.807, 2.05) is 37.3 Å². The van der Waals surface area contributed by atoms with Crippen molar-refractivity contribution in [3.63, 3.8) is 0 Å². The molecule has 27 heavy (non-hydrogen) atoms. The highest BCUT2D eigenvalue weighted by atomic mass is 35.5. The van der Waals surface area contributed by atoms with Crippen LogP contribution in [0, 0.1) is 6.92 Å². The molecule has 0 unspecified atom stereocenters. The Morgan fingerprint density at radius 1 is 1.11 bits per heavy atom. The van der Waals surface area contributed by atoms with Crippen molar-refractivity contribution in [3.8, 4) is 5.75 Å². The van der Waals surface area contributed by atoms with Crippen LogP contribution in [0.1, 0.15) is 21.5 Å². The Balaban J connectivity index is 1.63. The quantitative estimate of drug-likeness (QED) is 0.670. The smallest absolute Gasteiger partial charge is 0.254 e. The van der Waals surface area contributed by atoms with Gasteiger partial charge in [-0.1, -0.05) is 29.8 Å². The van der Waals surface area contributed by atoms with Gasteiger partial charge in [-0.2, -0.15) is 0 Å². The predicted octanol–water partition coefficient (Wildman–Crippen LogP) is 4.12. The molecule has 1 aromatic heterocycles. The SMILES string of the molecule is COc1ccc(C)cc1Nc1ncc(C(=O)NCc2ccc(Cl)cc2)cn1. The van der Waals surface area contributed by atoms with E-state index < -0.39 is 0 Å². The van der Waals surface area contributed by atoms with Gasteiger partial charge in [0, 0.05) is 24.0 Å². The summed E-state index contributed by atoms with van der Waals surface area (Å²) in [5, 5.41) is 6.59. The number of nitrogens with zero attached hydrogens (tertiary/aromatic N) is 2. The molecule has 7 heteroatoms. The van der Waals surface area contributed by atoms with Crippen LogP contribution in [0.15, 0.2) is 54.9 Å². The zero-order valence-electron chi connectivity index (χ0n) is 15.0. The van der Waals surface area contributed by atoms with Gasteiger partial charge in [-0.15, -0.1) is 0 Å². The van der Waals surface area contributed by atoms with Gasteiger partial charge >= 0.3 is 0 Å². The number of anilines is 2. The Morgan fingerprint density at radius 2 is 1.81 bits per heavy atom. The third-order valence-electron chi connectivity index (χ3n) is 3.88. The first-order valence-corrected chi connectivity index (χ1v) is 8.69. The van der Waals surface area contributed by atoms with Crippen LogP contribution >= 0.6 is 11.6 Å². The minimum atomic E-state index is -0.246. The van der Waals surface area contributed by atoms with E-state index >= 15 is 0 Å². The zero-order valence-corrected chi connectivity index (χ0v) is 15.7. The molecule has 0 aliphatic heterocycles. The Labute approximate surface area is 162 Å². The first kappa shape index (κ1) is 18.7. The normalized spacial score (nSPS) is 10.3. The number of carbonyl (C=O) groups is 1. The van der Waals surface area contributed by atoms with Crippen molar-refractivity contribution in [3.05, 3.63) is 76.6 Å². The first-order chi connectivity index (χ1) is 13.0. The molecule has 0 spiro atoms. The molecule has 0 aliphatic carbocycles. The van der Waals surface area contributed by atoms with Gasteiger partial charge in [0.25, 0.3) is 5.91 Å². The topological polar surface area (TPSA) is 76.1 Å². The van der Waals surface area contributed by atoms with Crippen LogP contribution in [0.25, 0.3) is 0 Å². The van der Waals surface area contributed by atoms with E-state index in [9.17, 15) is 4.79 Å². The number of rotatable bonds is 6.